The molecule has 0 unspecified atom stereocenters. The fourth-order valence-electron chi connectivity index (χ4n) is 2.11. The summed E-state index contributed by atoms with van der Waals surface area (Å²) in [6, 6.07) is 8.14. The van der Waals surface area contributed by atoms with Crippen LogP contribution in [0, 0.1) is 0 Å². The van der Waals surface area contributed by atoms with E-state index in [0.717, 1.165) is 12.1 Å². The Bertz CT molecular complexity index is 376. The molecule has 0 aliphatic carbocycles. The summed E-state index contributed by atoms with van der Waals surface area (Å²) >= 11 is 0. The van der Waals surface area contributed by atoms with E-state index in [1.807, 2.05) is 31.2 Å². The van der Waals surface area contributed by atoms with E-state index in [4.69, 9.17) is 4.74 Å². The number of hydrogen-bond acceptors (Lipinski definition) is 3. The molecule has 1 N–H and O–H groups in total. The highest BCUT2D eigenvalue weighted by Gasteiger charge is 2.32. The first-order valence-electron chi connectivity index (χ1n) is 5.13. The van der Waals surface area contributed by atoms with Gasteiger partial charge in [0.1, 0.15) is 0 Å². The van der Waals surface area contributed by atoms with Gasteiger partial charge in [0.05, 0.1) is 13.0 Å². The van der Waals surface area contributed by atoms with E-state index >= 15 is 0 Å². The van der Waals surface area contributed by atoms with E-state index in [1.165, 1.54) is 12.7 Å². The summed E-state index contributed by atoms with van der Waals surface area (Å²) in [5, 5.41) is 3.30. The third kappa shape index (κ3) is 1.75. The van der Waals surface area contributed by atoms with Gasteiger partial charge in [-0.2, -0.15) is 0 Å². The summed E-state index contributed by atoms with van der Waals surface area (Å²) in [5.41, 5.74) is 2.28. The fourth-order valence-corrected chi connectivity index (χ4v) is 2.11. The highest BCUT2D eigenvalue weighted by Crippen LogP contribution is 2.28. The molecular weight excluding hydrogens is 190 g/mol. The van der Waals surface area contributed by atoms with Gasteiger partial charge in [-0.1, -0.05) is 24.3 Å². The molecule has 0 saturated carbocycles. The largest absolute Gasteiger partial charge is 0.469 e. The van der Waals surface area contributed by atoms with Gasteiger partial charge in [0.15, 0.2) is 0 Å². The minimum Gasteiger partial charge on any atom is -0.469 e. The molecule has 0 amide bonds. The number of carbonyl (C=O) groups excluding carboxylic acids is 1. The molecule has 2 atom stereocenters. The first-order chi connectivity index (χ1) is 7.24. The van der Waals surface area contributed by atoms with Gasteiger partial charge in [0, 0.05) is 12.6 Å². The molecule has 0 fully saturated rings. The summed E-state index contributed by atoms with van der Waals surface area (Å²) in [6.45, 7) is 2.84. The van der Waals surface area contributed by atoms with E-state index in [9.17, 15) is 4.79 Å². The van der Waals surface area contributed by atoms with Crippen molar-refractivity contribution in [3.05, 3.63) is 35.4 Å². The second kappa shape index (κ2) is 4.03. The van der Waals surface area contributed by atoms with Gasteiger partial charge in [-0.25, -0.2) is 0 Å². The van der Waals surface area contributed by atoms with Crippen molar-refractivity contribution in [1.82, 2.24) is 5.32 Å². The van der Waals surface area contributed by atoms with Gasteiger partial charge in [0.25, 0.3) is 0 Å². The van der Waals surface area contributed by atoms with Crippen molar-refractivity contribution in [1.29, 1.82) is 0 Å². The Morgan fingerprint density at radius 3 is 2.93 bits per heavy atom. The Morgan fingerprint density at radius 2 is 2.20 bits per heavy atom. The van der Waals surface area contributed by atoms with Crippen molar-refractivity contribution >= 4 is 5.97 Å². The predicted molar refractivity (Wildman–Crippen MR) is 57.5 cm³/mol. The van der Waals surface area contributed by atoms with Crippen LogP contribution in [0.2, 0.25) is 0 Å². The molecule has 0 bridgehead atoms. The Hall–Kier alpha value is -1.35. The van der Waals surface area contributed by atoms with Crippen molar-refractivity contribution in [2.45, 2.75) is 25.4 Å². The SMILES string of the molecule is COC(=O)[C@@H]1c2ccccc2CN[C@@H]1C. The smallest absolute Gasteiger partial charge is 0.314 e. The third-order valence-electron chi connectivity index (χ3n) is 2.96. The van der Waals surface area contributed by atoms with Gasteiger partial charge in [0.2, 0.25) is 0 Å². The van der Waals surface area contributed by atoms with Gasteiger partial charge in [-0.3, -0.25) is 4.79 Å². The van der Waals surface area contributed by atoms with Crippen LogP contribution in [0.25, 0.3) is 0 Å². The molecule has 1 aliphatic rings. The van der Waals surface area contributed by atoms with Crippen LogP contribution in [-0.4, -0.2) is 19.1 Å². The summed E-state index contributed by atoms with van der Waals surface area (Å²) in [7, 11) is 1.44. The van der Waals surface area contributed by atoms with Crippen molar-refractivity contribution in [3.63, 3.8) is 0 Å². The fraction of sp³-hybridized carbons (Fsp3) is 0.417. The zero-order valence-corrected chi connectivity index (χ0v) is 8.99. The Kier molecular flexibility index (Phi) is 2.73. The van der Waals surface area contributed by atoms with E-state index in [0.29, 0.717) is 0 Å². The Morgan fingerprint density at radius 1 is 1.47 bits per heavy atom. The van der Waals surface area contributed by atoms with Crippen LogP contribution in [-0.2, 0) is 16.1 Å². The lowest BCUT2D eigenvalue weighted by Crippen LogP contribution is -2.41. The maximum Gasteiger partial charge on any atom is 0.314 e. The van der Waals surface area contributed by atoms with Crippen LogP contribution in [0.1, 0.15) is 24.0 Å². The zero-order chi connectivity index (χ0) is 10.8. The number of carbonyl (C=O) groups is 1. The summed E-state index contributed by atoms with van der Waals surface area (Å²) in [4.78, 5) is 11.7. The van der Waals surface area contributed by atoms with Crippen molar-refractivity contribution in [3.8, 4) is 0 Å². The average molecular weight is 205 g/mol. The van der Waals surface area contributed by atoms with Crippen LogP contribution < -0.4 is 5.32 Å². The van der Waals surface area contributed by atoms with Gasteiger partial charge < -0.3 is 10.1 Å². The molecule has 3 nitrogen and oxygen atoms in total. The zero-order valence-electron chi connectivity index (χ0n) is 8.99. The number of methoxy groups -OCH3 is 1. The number of nitrogens with one attached hydrogen (secondary N) is 1. The first-order valence-corrected chi connectivity index (χ1v) is 5.13. The number of esters is 1. The molecule has 1 aromatic rings. The number of fused-ring (bicyclic) bond motifs is 1. The van der Waals surface area contributed by atoms with E-state index in [-0.39, 0.29) is 17.9 Å². The minimum absolute atomic E-state index is 0.132. The van der Waals surface area contributed by atoms with Crippen LogP contribution in [0.3, 0.4) is 0 Å². The Labute approximate surface area is 89.4 Å². The molecule has 0 spiro atoms. The van der Waals surface area contributed by atoms with Crippen LogP contribution in [0.5, 0.6) is 0 Å². The molecule has 15 heavy (non-hydrogen) atoms. The van der Waals surface area contributed by atoms with Crippen LogP contribution >= 0.6 is 0 Å². The molecule has 3 heteroatoms. The van der Waals surface area contributed by atoms with Crippen molar-refractivity contribution in [2.24, 2.45) is 0 Å². The van der Waals surface area contributed by atoms with E-state index < -0.39 is 0 Å². The topological polar surface area (TPSA) is 38.3 Å². The third-order valence-corrected chi connectivity index (χ3v) is 2.96. The van der Waals surface area contributed by atoms with Gasteiger partial charge in [-0.15, -0.1) is 0 Å². The molecule has 0 aromatic heterocycles. The maximum atomic E-state index is 11.7. The summed E-state index contributed by atoms with van der Waals surface area (Å²) in [6.07, 6.45) is 0. The number of rotatable bonds is 1. The second-order valence-corrected chi connectivity index (χ2v) is 3.87. The van der Waals surface area contributed by atoms with Crippen molar-refractivity contribution < 1.29 is 9.53 Å². The van der Waals surface area contributed by atoms with E-state index in [1.54, 1.807) is 0 Å². The number of benzene rings is 1. The molecule has 0 saturated heterocycles. The molecule has 2 rings (SSSR count). The van der Waals surface area contributed by atoms with Gasteiger partial charge in [-0.05, 0) is 18.1 Å². The highest BCUT2D eigenvalue weighted by atomic mass is 16.5. The lowest BCUT2D eigenvalue weighted by molar-refractivity contribution is -0.143. The van der Waals surface area contributed by atoms with Crippen molar-refractivity contribution in [2.75, 3.05) is 7.11 Å². The second-order valence-electron chi connectivity index (χ2n) is 3.87. The standard InChI is InChI=1S/C12H15NO2/c1-8-11(12(14)15-2)10-6-4-3-5-9(10)7-13-8/h3-6,8,11,13H,7H2,1-2H3/t8-,11+/m1/s1. The lowest BCUT2D eigenvalue weighted by Gasteiger charge is -2.30. The molecule has 1 aromatic carbocycles. The minimum atomic E-state index is -0.181. The number of hydrogen-bond donors (Lipinski definition) is 1. The summed E-state index contributed by atoms with van der Waals surface area (Å²) < 4.78 is 4.84. The van der Waals surface area contributed by atoms with Crippen LogP contribution in [0.15, 0.2) is 24.3 Å². The summed E-state index contributed by atoms with van der Waals surface area (Å²) in [5.74, 6) is -0.345. The predicted octanol–water partition coefficient (Wildman–Crippen LogP) is 1.43. The maximum absolute atomic E-state index is 11.7. The number of ether oxygens (including phenoxy) is 1. The normalized spacial score (nSPS) is 24.4. The first kappa shape index (κ1) is 10.2. The molecule has 1 heterocycles. The molecule has 1 aliphatic heterocycles. The lowest BCUT2D eigenvalue weighted by atomic mass is 9.85. The van der Waals surface area contributed by atoms with E-state index in [2.05, 4.69) is 5.32 Å². The quantitative estimate of drug-likeness (QED) is 0.705. The highest BCUT2D eigenvalue weighted by molar-refractivity contribution is 5.80. The monoisotopic (exact) mass is 205 g/mol. The average Bonchev–Trinajstić information content (AvgIpc) is 2.28. The Balaban J connectivity index is 2.41. The van der Waals surface area contributed by atoms with Crippen LogP contribution in [0.4, 0.5) is 0 Å². The molecule has 80 valence electrons. The molecule has 0 radical (unpaired) electrons. The van der Waals surface area contributed by atoms with Gasteiger partial charge >= 0.3 is 5.97 Å². The molecular formula is C12H15NO2.